The standard InChI is InChI=1S/C9H14N2O3/c1-9(2,3)14-8(13)7-6(12)4-5-10-11-7/h4-5,8,13H,1-3H3,(H,10,12). The predicted octanol–water partition coefficient (Wildman–Crippen LogP) is 0.576. The van der Waals surface area contributed by atoms with Crippen molar-refractivity contribution in [2.75, 3.05) is 0 Å². The van der Waals surface area contributed by atoms with Gasteiger partial charge in [-0.15, -0.1) is 0 Å². The highest BCUT2D eigenvalue weighted by atomic mass is 16.6. The van der Waals surface area contributed by atoms with Gasteiger partial charge in [0.1, 0.15) is 0 Å². The molecule has 1 atom stereocenters. The summed E-state index contributed by atoms with van der Waals surface area (Å²) in [5.41, 5.74) is -0.897. The van der Waals surface area contributed by atoms with E-state index in [9.17, 15) is 9.90 Å². The monoisotopic (exact) mass is 198 g/mol. The number of H-pyrrole nitrogens is 1. The van der Waals surface area contributed by atoms with Crippen LogP contribution < -0.4 is 5.43 Å². The van der Waals surface area contributed by atoms with E-state index in [1.165, 1.54) is 12.3 Å². The van der Waals surface area contributed by atoms with Crippen molar-refractivity contribution in [3.63, 3.8) is 0 Å². The maximum absolute atomic E-state index is 11.2. The molecule has 0 amide bonds. The molecule has 14 heavy (non-hydrogen) atoms. The van der Waals surface area contributed by atoms with Crippen LogP contribution in [0.15, 0.2) is 17.1 Å². The third-order valence-corrected chi connectivity index (χ3v) is 1.45. The van der Waals surface area contributed by atoms with Gasteiger partial charge in [0.2, 0.25) is 11.7 Å². The predicted molar refractivity (Wildman–Crippen MR) is 50.7 cm³/mol. The maximum atomic E-state index is 11.2. The van der Waals surface area contributed by atoms with E-state index in [0.717, 1.165) is 0 Å². The third kappa shape index (κ3) is 2.93. The van der Waals surface area contributed by atoms with Crippen molar-refractivity contribution >= 4 is 0 Å². The van der Waals surface area contributed by atoms with E-state index in [4.69, 9.17) is 4.74 Å². The maximum Gasteiger partial charge on any atom is 0.208 e. The topological polar surface area (TPSA) is 75.2 Å². The average Bonchev–Trinajstić information content (AvgIpc) is 2.01. The van der Waals surface area contributed by atoms with Crippen molar-refractivity contribution in [2.24, 2.45) is 0 Å². The van der Waals surface area contributed by atoms with Crippen LogP contribution in [0.25, 0.3) is 0 Å². The Hall–Kier alpha value is -1.20. The highest BCUT2D eigenvalue weighted by Crippen LogP contribution is 2.17. The minimum Gasteiger partial charge on any atom is -0.363 e. The highest BCUT2D eigenvalue weighted by molar-refractivity contribution is 5.01. The van der Waals surface area contributed by atoms with Gasteiger partial charge in [-0.25, -0.2) is 0 Å². The SMILES string of the molecule is CC(C)(C)OC(O)c1n[nH]ccc1=O. The number of rotatable bonds is 2. The Morgan fingerprint density at radius 2 is 2.21 bits per heavy atom. The van der Waals surface area contributed by atoms with Crippen LogP contribution in [0.4, 0.5) is 0 Å². The van der Waals surface area contributed by atoms with E-state index < -0.39 is 11.9 Å². The van der Waals surface area contributed by atoms with Crippen LogP contribution in [-0.2, 0) is 4.74 Å². The molecular weight excluding hydrogens is 184 g/mol. The molecule has 0 bridgehead atoms. The van der Waals surface area contributed by atoms with E-state index in [1.54, 1.807) is 20.8 Å². The van der Waals surface area contributed by atoms with Crippen LogP contribution in [-0.4, -0.2) is 20.9 Å². The lowest BCUT2D eigenvalue weighted by atomic mass is 10.2. The molecule has 0 aliphatic heterocycles. The van der Waals surface area contributed by atoms with Gasteiger partial charge in [0, 0.05) is 12.3 Å². The lowest BCUT2D eigenvalue weighted by molar-refractivity contribution is -0.172. The van der Waals surface area contributed by atoms with Gasteiger partial charge in [-0.2, -0.15) is 5.10 Å². The minimum atomic E-state index is -1.29. The molecule has 0 aliphatic rings. The molecule has 5 nitrogen and oxygen atoms in total. The van der Waals surface area contributed by atoms with E-state index in [1.807, 2.05) is 0 Å². The molecule has 1 aromatic heterocycles. The normalized spacial score (nSPS) is 14.0. The van der Waals surface area contributed by atoms with Crippen molar-refractivity contribution in [3.8, 4) is 0 Å². The largest absolute Gasteiger partial charge is 0.363 e. The minimum absolute atomic E-state index is 0.0255. The van der Waals surface area contributed by atoms with E-state index >= 15 is 0 Å². The Kier molecular flexibility index (Phi) is 3.03. The first-order chi connectivity index (χ1) is 6.40. The number of hydrogen-bond acceptors (Lipinski definition) is 4. The molecular formula is C9H14N2O3. The van der Waals surface area contributed by atoms with E-state index in [0.29, 0.717) is 0 Å². The van der Waals surface area contributed by atoms with Crippen molar-refractivity contribution in [1.82, 2.24) is 10.2 Å². The first kappa shape index (κ1) is 10.9. The summed E-state index contributed by atoms with van der Waals surface area (Å²) in [4.78, 5) is 11.2. The summed E-state index contributed by atoms with van der Waals surface area (Å²) in [6.07, 6.45) is 0.107. The Morgan fingerprint density at radius 3 is 2.71 bits per heavy atom. The quantitative estimate of drug-likeness (QED) is 0.681. The summed E-state index contributed by atoms with van der Waals surface area (Å²) in [6, 6.07) is 1.29. The fourth-order valence-electron chi connectivity index (χ4n) is 0.928. The number of ether oxygens (including phenoxy) is 1. The highest BCUT2D eigenvalue weighted by Gasteiger charge is 2.21. The average molecular weight is 198 g/mol. The summed E-state index contributed by atoms with van der Waals surface area (Å²) in [7, 11) is 0. The molecule has 0 saturated carbocycles. The van der Waals surface area contributed by atoms with E-state index in [2.05, 4.69) is 10.2 Å². The summed E-state index contributed by atoms with van der Waals surface area (Å²) in [6.45, 7) is 5.36. The van der Waals surface area contributed by atoms with Gasteiger partial charge in [0.15, 0.2) is 5.69 Å². The van der Waals surface area contributed by atoms with Gasteiger partial charge >= 0.3 is 0 Å². The Labute approximate surface area is 81.7 Å². The van der Waals surface area contributed by atoms with E-state index in [-0.39, 0.29) is 11.1 Å². The van der Waals surface area contributed by atoms with Gasteiger partial charge in [0.25, 0.3) is 0 Å². The third-order valence-electron chi connectivity index (χ3n) is 1.45. The zero-order valence-electron chi connectivity index (χ0n) is 8.44. The molecule has 0 saturated heterocycles. The summed E-state index contributed by atoms with van der Waals surface area (Å²) in [5.74, 6) is 0. The Morgan fingerprint density at radius 1 is 1.57 bits per heavy atom. The molecule has 78 valence electrons. The molecule has 0 spiro atoms. The Bertz CT molecular complexity index is 354. The van der Waals surface area contributed by atoms with Crippen LogP contribution in [0, 0.1) is 0 Å². The number of aromatic nitrogens is 2. The number of aliphatic hydroxyl groups is 1. The molecule has 2 N–H and O–H groups in total. The fourth-order valence-corrected chi connectivity index (χ4v) is 0.928. The molecule has 1 aromatic rings. The van der Waals surface area contributed by atoms with Crippen molar-refractivity contribution in [3.05, 3.63) is 28.2 Å². The van der Waals surface area contributed by atoms with Gasteiger partial charge in [-0.05, 0) is 20.8 Å². The molecule has 0 fully saturated rings. The molecule has 5 heteroatoms. The van der Waals surface area contributed by atoms with Crippen LogP contribution in [0.3, 0.4) is 0 Å². The summed E-state index contributed by atoms with van der Waals surface area (Å²) < 4.78 is 5.18. The van der Waals surface area contributed by atoms with Crippen molar-refractivity contribution in [1.29, 1.82) is 0 Å². The first-order valence-electron chi connectivity index (χ1n) is 4.30. The van der Waals surface area contributed by atoms with Crippen molar-refractivity contribution in [2.45, 2.75) is 32.7 Å². The van der Waals surface area contributed by atoms with Gasteiger partial charge in [-0.1, -0.05) is 0 Å². The van der Waals surface area contributed by atoms with Crippen LogP contribution in [0.1, 0.15) is 32.8 Å². The first-order valence-corrected chi connectivity index (χ1v) is 4.30. The van der Waals surface area contributed by atoms with Crippen LogP contribution >= 0.6 is 0 Å². The number of nitrogens with zero attached hydrogens (tertiary/aromatic N) is 1. The summed E-state index contributed by atoms with van der Waals surface area (Å²) in [5, 5.41) is 15.7. The summed E-state index contributed by atoms with van der Waals surface area (Å²) >= 11 is 0. The number of aromatic amines is 1. The fraction of sp³-hybridized carbons (Fsp3) is 0.556. The lowest BCUT2D eigenvalue weighted by Gasteiger charge is -2.22. The number of aliphatic hydroxyl groups excluding tert-OH is 1. The van der Waals surface area contributed by atoms with Gasteiger partial charge in [-0.3, -0.25) is 9.89 Å². The Balaban J connectivity index is 2.85. The zero-order valence-corrected chi connectivity index (χ0v) is 8.44. The molecule has 1 rings (SSSR count). The molecule has 1 unspecified atom stereocenters. The van der Waals surface area contributed by atoms with Crippen LogP contribution in [0.5, 0.6) is 0 Å². The van der Waals surface area contributed by atoms with Gasteiger partial charge in [0.05, 0.1) is 5.60 Å². The second-order valence-corrected chi connectivity index (χ2v) is 3.91. The smallest absolute Gasteiger partial charge is 0.208 e. The number of nitrogens with one attached hydrogen (secondary N) is 1. The number of hydrogen-bond donors (Lipinski definition) is 2. The molecule has 0 radical (unpaired) electrons. The molecule has 0 aromatic carbocycles. The second-order valence-electron chi connectivity index (χ2n) is 3.91. The zero-order chi connectivity index (χ0) is 10.8. The van der Waals surface area contributed by atoms with Crippen molar-refractivity contribution < 1.29 is 9.84 Å². The molecule has 0 aliphatic carbocycles. The van der Waals surface area contributed by atoms with Gasteiger partial charge < -0.3 is 9.84 Å². The lowest BCUT2D eigenvalue weighted by Crippen LogP contribution is -2.26. The van der Waals surface area contributed by atoms with Crippen LogP contribution in [0.2, 0.25) is 0 Å². The molecule has 1 heterocycles. The second kappa shape index (κ2) is 3.89.